The van der Waals surface area contributed by atoms with E-state index in [4.69, 9.17) is 4.74 Å². The SMILES string of the molecule is COC(=O)/C=C/C(=O)OCCN1CCC(C)(F)CC1. The van der Waals surface area contributed by atoms with Crippen LogP contribution in [0, 0.1) is 0 Å². The molecule has 19 heavy (non-hydrogen) atoms. The van der Waals surface area contributed by atoms with E-state index in [-0.39, 0.29) is 6.61 Å². The fourth-order valence-corrected chi connectivity index (χ4v) is 1.77. The Morgan fingerprint density at radius 2 is 1.84 bits per heavy atom. The summed E-state index contributed by atoms with van der Waals surface area (Å²) in [6.45, 7) is 3.76. The van der Waals surface area contributed by atoms with Crippen LogP contribution in [-0.4, -0.2) is 55.9 Å². The topological polar surface area (TPSA) is 55.8 Å². The Kier molecular flexibility index (Phi) is 5.95. The number of alkyl halides is 1. The van der Waals surface area contributed by atoms with Gasteiger partial charge in [-0.2, -0.15) is 0 Å². The zero-order chi connectivity index (χ0) is 14.3. The standard InChI is InChI=1S/C13H20FNO4/c1-13(14)5-7-15(8-6-13)9-10-19-12(17)4-3-11(16)18-2/h3-4H,5-10H2,1-2H3/b4-3+. The third-order valence-electron chi connectivity index (χ3n) is 3.11. The van der Waals surface area contributed by atoms with Crippen molar-refractivity contribution in [1.29, 1.82) is 0 Å². The van der Waals surface area contributed by atoms with Gasteiger partial charge >= 0.3 is 11.9 Å². The number of hydrogen-bond donors (Lipinski definition) is 0. The highest BCUT2D eigenvalue weighted by molar-refractivity contribution is 5.91. The molecule has 0 saturated carbocycles. The van der Waals surface area contributed by atoms with Crippen molar-refractivity contribution in [2.24, 2.45) is 0 Å². The van der Waals surface area contributed by atoms with Gasteiger partial charge in [0.15, 0.2) is 0 Å². The summed E-state index contributed by atoms with van der Waals surface area (Å²) < 4.78 is 22.8. The number of rotatable bonds is 5. The van der Waals surface area contributed by atoms with Crippen molar-refractivity contribution in [3.05, 3.63) is 12.2 Å². The zero-order valence-corrected chi connectivity index (χ0v) is 11.4. The first-order chi connectivity index (χ1) is 8.93. The van der Waals surface area contributed by atoms with E-state index in [1.165, 1.54) is 7.11 Å². The summed E-state index contributed by atoms with van der Waals surface area (Å²) >= 11 is 0. The lowest BCUT2D eigenvalue weighted by Gasteiger charge is -2.33. The maximum absolute atomic E-state index is 13.5. The molecule has 5 nitrogen and oxygen atoms in total. The minimum atomic E-state index is -1.07. The molecule has 0 N–H and O–H groups in total. The molecule has 1 heterocycles. The van der Waals surface area contributed by atoms with Gasteiger partial charge in [-0.25, -0.2) is 14.0 Å². The first kappa shape index (κ1) is 15.6. The van der Waals surface area contributed by atoms with Crippen LogP contribution in [0.25, 0.3) is 0 Å². The molecule has 0 unspecified atom stereocenters. The van der Waals surface area contributed by atoms with Gasteiger partial charge in [0.25, 0.3) is 0 Å². The summed E-state index contributed by atoms with van der Waals surface area (Å²) in [4.78, 5) is 24.0. The highest BCUT2D eigenvalue weighted by atomic mass is 19.1. The molecule has 1 aliphatic heterocycles. The van der Waals surface area contributed by atoms with Crippen molar-refractivity contribution >= 4 is 11.9 Å². The second kappa shape index (κ2) is 7.23. The molecule has 108 valence electrons. The van der Waals surface area contributed by atoms with Gasteiger partial charge in [0.2, 0.25) is 0 Å². The molecule has 1 saturated heterocycles. The lowest BCUT2D eigenvalue weighted by atomic mass is 9.96. The average Bonchev–Trinajstić information content (AvgIpc) is 2.38. The Morgan fingerprint density at radius 1 is 1.26 bits per heavy atom. The number of likely N-dealkylation sites (tertiary alicyclic amines) is 1. The quantitative estimate of drug-likeness (QED) is 0.554. The summed E-state index contributed by atoms with van der Waals surface area (Å²) in [6.07, 6.45) is 3.05. The molecule has 0 aromatic heterocycles. The fourth-order valence-electron chi connectivity index (χ4n) is 1.77. The number of methoxy groups -OCH3 is 1. The second-order valence-electron chi connectivity index (χ2n) is 4.78. The molecule has 0 atom stereocenters. The van der Waals surface area contributed by atoms with Crippen LogP contribution in [0.15, 0.2) is 12.2 Å². The minimum Gasteiger partial charge on any atom is -0.466 e. The molecule has 0 bridgehead atoms. The van der Waals surface area contributed by atoms with Gasteiger partial charge < -0.3 is 9.47 Å². The van der Waals surface area contributed by atoms with E-state index in [2.05, 4.69) is 9.64 Å². The Bertz CT molecular complexity index is 345. The molecule has 0 spiro atoms. The third kappa shape index (κ3) is 6.33. The fraction of sp³-hybridized carbons (Fsp3) is 0.692. The van der Waals surface area contributed by atoms with Crippen molar-refractivity contribution in [2.75, 3.05) is 33.4 Å². The average molecular weight is 273 g/mol. The number of esters is 2. The Morgan fingerprint density at radius 3 is 2.42 bits per heavy atom. The van der Waals surface area contributed by atoms with Crippen molar-refractivity contribution < 1.29 is 23.5 Å². The first-order valence-electron chi connectivity index (χ1n) is 6.27. The van der Waals surface area contributed by atoms with Crippen LogP contribution in [-0.2, 0) is 19.1 Å². The first-order valence-corrected chi connectivity index (χ1v) is 6.27. The second-order valence-corrected chi connectivity index (χ2v) is 4.78. The lowest BCUT2D eigenvalue weighted by molar-refractivity contribution is -0.139. The van der Waals surface area contributed by atoms with E-state index in [0.717, 1.165) is 12.2 Å². The Balaban J connectivity index is 2.16. The van der Waals surface area contributed by atoms with Gasteiger partial charge in [0.05, 0.1) is 7.11 Å². The summed E-state index contributed by atoms with van der Waals surface area (Å²) in [6, 6.07) is 0. The molecule has 0 aromatic carbocycles. The van der Waals surface area contributed by atoms with Gasteiger partial charge in [-0.15, -0.1) is 0 Å². The van der Waals surface area contributed by atoms with Gasteiger partial charge in [0.1, 0.15) is 12.3 Å². The molecule has 1 rings (SSSR count). The van der Waals surface area contributed by atoms with Gasteiger partial charge in [-0.1, -0.05) is 0 Å². The highest BCUT2D eigenvalue weighted by Crippen LogP contribution is 2.25. The van der Waals surface area contributed by atoms with Gasteiger partial charge in [-0.3, -0.25) is 4.90 Å². The predicted octanol–water partition coefficient (Wildman–Crippen LogP) is 1.08. The summed E-state index contributed by atoms with van der Waals surface area (Å²) in [5, 5.41) is 0. The van der Waals surface area contributed by atoms with Crippen LogP contribution < -0.4 is 0 Å². The number of carbonyl (C=O) groups excluding carboxylic acids is 2. The van der Waals surface area contributed by atoms with E-state index in [1.807, 2.05) is 0 Å². The van der Waals surface area contributed by atoms with Crippen molar-refractivity contribution in [1.82, 2.24) is 4.90 Å². The third-order valence-corrected chi connectivity index (χ3v) is 3.11. The number of piperidine rings is 1. The molecule has 1 aliphatic rings. The maximum atomic E-state index is 13.5. The molecule has 0 amide bonds. The van der Waals surface area contributed by atoms with E-state index < -0.39 is 17.6 Å². The van der Waals surface area contributed by atoms with Crippen molar-refractivity contribution in [3.63, 3.8) is 0 Å². The number of carbonyl (C=O) groups is 2. The zero-order valence-electron chi connectivity index (χ0n) is 11.4. The van der Waals surface area contributed by atoms with Gasteiger partial charge in [-0.05, 0) is 19.8 Å². The molecule has 0 aliphatic carbocycles. The number of nitrogens with zero attached hydrogens (tertiary/aromatic N) is 1. The number of ether oxygens (including phenoxy) is 2. The summed E-state index contributed by atoms with van der Waals surface area (Å²) in [5.74, 6) is -1.19. The summed E-state index contributed by atoms with van der Waals surface area (Å²) in [5.41, 5.74) is -1.07. The van der Waals surface area contributed by atoms with Gasteiger partial charge in [0, 0.05) is 31.8 Å². The highest BCUT2D eigenvalue weighted by Gasteiger charge is 2.29. The van der Waals surface area contributed by atoms with Crippen LogP contribution in [0.2, 0.25) is 0 Å². The molecule has 1 fully saturated rings. The largest absolute Gasteiger partial charge is 0.466 e. The molecule has 6 heteroatoms. The van der Waals surface area contributed by atoms with Crippen molar-refractivity contribution in [3.8, 4) is 0 Å². The smallest absolute Gasteiger partial charge is 0.331 e. The van der Waals surface area contributed by atoms with Crippen LogP contribution >= 0.6 is 0 Å². The summed E-state index contributed by atoms with van der Waals surface area (Å²) in [7, 11) is 1.23. The van der Waals surface area contributed by atoms with E-state index >= 15 is 0 Å². The van der Waals surface area contributed by atoms with Crippen LogP contribution in [0.1, 0.15) is 19.8 Å². The maximum Gasteiger partial charge on any atom is 0.331 e. The van der Waals surface area contributed by atoms with Crippen LogP contribution in [0.4, 0.5) is 4.39 Å². The Labute approximate surface area is 112 Å². The molecule has 0 aromatic rings. The lowest BCUT2D eigenvalue weighted by Crippen LogP contribution is -2.41. The predicted molar refractivity (Wildman–Crippen MR) is 67.3 cm³/mol. The molecule has 0 radical (unpaired) electrons. The normalized spacial score (nSPS) is 19.3. The van der Waals surface area contributed by atoms with Crippen LogP contribution in [0.3, 0.4) is 0 Å². The van der Waals surface area contributed by atoms with E-state index in [9.17, 15) is 14.0 Å². The molecular weight excluding hydrogens is 253 g/mol. The van der Waals surface area contributed by atoms with E-state index in [1.54, 1.807) is 6.92 Å². The molecular formula is C13H20FNO4. The number of halogens is 1. The number of hydrogen-bond acceptors (Lipinski definition) is 5. The minimum absolute atomic E-state index is 0.230. The Hall–Kier alpha value is -1.43. The van der Waals surface area contributed by atoms with Crippen LogP contribution in [0.5, 0.6) is 0 Å². The van der Waals surface area contributed by atoms with Crippen molar-refractivity contribution in [2.45, 2.75) is 25.4 Å². The van der Waals surface area contributed by atoms with E-state index in [0.29, 0.717) is 32.5 Å². The monoisotopic (exact) mass is 273 g/mol.